The van der Waals surface area contributed by atoms with E-state index in [1.54, 1.807) is 0 Å². The molecule has 0 saturated carbocycles. The van der Waals surface area contributed by atoms with Gasteiger partial charge in [0.1, 0.15) is 18.9 Å². The van der Waals surface area contributed by atoms with Crippen molar-refractivity contribution < 1.29 is 33.2 Å². The van der Waals surface area contributed by atoms with E-state index in [0.717, 1.165) is 27.9 Å². The zero-order valence-electron chi connectivity index (χ0n) is 9.34. The third kappa shape index (κ3) is 7.14. The maximum Gasteiger partial charge on any atom is 0.137 e. The molecule has 1 aromatic rings. The van der Waals surface area contributed by atoms with Crippen molar-refractivity contribution in [2.45, 2.75) is 0 Å². The van der Waals surface area contributed by atoms with Crippen LogP contribution in [0.4, 0.5) is 0 Å². The average Bonchev–Trinajstić information content (AvgIpc) is 2.01. The first kappa shape index (κ1) is 15.2. The Labute approximate surface area is 117 Å². The second-order valence-electron chi connectivity index (χ2n) is 4.32. The van der Waals surface area contributed by atoms with Crippen LogP contribution in [0.5, 0.6) is 5.75 Å². The molecule has 0 saturated heterocycles. The van der Waals surface area contributed by atoms with Gasteiger partial charge in [0.15, 0.2) is 0 Å². The Morgan fingerprint density at radius 1 is 1.27 bits per heavy atom. The van der Waals surface area contributed by atoms with Gasteiger partial charge in [0, 0.05) is 4.47 Å². The predicted molar refractivity (Wildman–Crippen MR) is 62.5 cm³/mol. The van der Waals surface area contributed by atoms with Gasteiger partial charge in [-0.3, -0.25) is 0 Å². The molecule has 0 unspecified atom stereocenters. The van der Waals surface area contributed by atoms with Crippen molar-refractivity contribution in [1.29, 1.82) is 0 Å². The van der Waals surface area contributed by atoms with Crippen molar-refractivity contribution >= 4 is 15.9 Å². The number of rotatable bonds is 4. The van der Waals surface area contributed by atoms with Crippen LogP contribution < -0.4 is 28.7 Å². The summed E-state index contributed by atoms with van der Waals surface area (Å²) in [5.41, 5.74) is 0. The maximum atomic E-state index is 5.62. The minimum absolute atomic E-state index is 0. The van der Waals surface area contributed by atoms with E-state index in [-0.39, 0.29) is 24.0 Å². The van der Waals surface area contributed by atoms with Gasteiger partial charge < -0.3 is 33.2 Å². The molecule has 0 N–H and O–H groups in total. The molecule has 2 nitrogen and oxygen atoms in total. The van der Waals surface area contributed by atoms with Gasteiger partial charge in [-0.05, 0) is 18.2 Å². The molecule has 0 aliphatic carbocycles. The van der Waals surface area contributed by atoms with Crippen LogP contribution >= 0.6 is 15.9 Å². The molecule has 1 aromatic carbocycles. The summed E-state index contributed by atoms with van der Waals surface area (Å²) >= 11 is 3.41. The number of nitrogens with zero attached hydrogens (tertiary/aromatic N) is 1. The van der Waals surface area contributed by atoms with Crippen LogP contribution in [0, 0.1) is 0 Å². The Kier molecular flexibility index (Phi) is 6.79. The molecular weight excluding hydrogens is 369 g/mol. The van der Waals surface area contributed by atoms with Crippen molar-refractivity contribution in [1.82, 2.24) is 0 Å². The fourth-order valence-corrected chi connectivity index (χ4v) is 1.37. The highest BCUT2D eigenvalue weighted by Crippen LogP contribution is 2.17. The molecule has 0 aliphatic heterocycles. The first-order valence-corrected chi connectivity index (χ1v) is 5.45. The van der Waals surface area contributed by atoms with Crippen LogP contribution in [-0.4, -0.2) is 38.8 Å². The molecule has 0 aromatic heterocycles. The fourth-order valence-electron chi connectivity index (χ4n) is 0.994. The highest BCUT2D eigenvalue weighted by molar-refractivity contribution is 9.10. The van der Waals surface area contributed by atoms with Crippen LogP contribution in [0.3, 0.4) is 0 Å². The van der Waals surface area contributed by atoms with Crippen LogP contribution in [-0.2, 0) is 0 Å². The quantitative estimate of drug-likeness (QED) is 0.503. The molecule has 15 heavy (non-hydrogen) atoms. The van der Waals surface area contributed by atoms with Crippen LogP contribution in [0.1, 0.15) is 0 Å². The summed E-state index contributed by atoms with van der Waals surface area (Å²) in [5, 5.41) is 0. The molecule has 0 heterocycles. The topological polar surface area (TPSA) is 9.23 Å². The monoisotopic (exact) mass is 385 g/mol. The van der Waals surface area contributed by atoms with Gasteiger partial charge in [0.05, 0.1) is 21.1 Å². The summed E-state index contributed by atoms with van der Waals surface area (Å²) in [5.74, 6) is 0.924. The first-order chi connectivity index (χ1) is 6.47. The second kappa shape index (κ2) is 6.70. The number of benzene rings is 1. The van der Waals surface area contributed by atoms with Crippen LogP contribution in [0.15, 0.2) is 28.7 Å². The minimum Gasteiger partial charge on any atom is -1.00 e. The normalized spacial score (nSPS) is 10.7. The molecule has 0 radical (unpaired) electrons. The van der Waals surface area contributed by atoms with E-state index in [9.17, 15) is 0 Å². The Morgan fingerprint density at radius 3 is 2.47 bits per heavy atom. The minimum atomic E-state index is 0. The lowest BCUT2D eigenvalue weighted by Gasteiger charge is -2.23. The van der Waals surface area contributed by atoms with Gasteiger partial charge in [-0.25, -0.2) is 0 Å². The van der Waals surface area contributed by atoms with E-state index in [1.165, 1.54) is 0 Å². The lowest BCUT2D eigenvalue weighted by atomic mass is 10.3. The zero-order chi connectivity index (χ0) is 10.6. The van der Waals surface area contributed by atoms with Crippen molar-refractivity contribution in [2.24, 2.45) is 0 Å². The summed E-state index contributed by atoms with van der Waals surface area (Å²) in [4.78, 5) is 0. The standard InChI is InChI=1S/C11H17BrNO.HI/c1-13(2,3)7-8-14-11-6-4-5-10(12)9-11;/h4-6,9H,7-8H2,1-3H3;1H/q+1;/p-1. The van der Waals surface area contributed by atoms with Crippen LogP contribution in [0.25, 0.3) is 0 Å². The summed E-state index contributed by atoms with van der Waals surface area (Å²) in [7, 11) is 6.47. The average molecular weight is 386 g/mol. The number of halogens is 2. The molecule has 0 atom stereocenters. The third-order valence-corrected chi connectivity index (χ3v) is 2.32. The van der Waals surface area contributed by atoms with Gasteiger partial charge in [-0.1, -0.05) is 22.0 Å². The van der Waals surface area contributed by atoms with E-state index < -0.39 is 0 Å². The number of likely N-dealkylation sites (N-methyl/N-ethyl adjacent to an activating group) is 1. The van der Waals surface area contributed by atoms with Gasteiger partial charge in [-0.2, -0.15) is 0 Å². The summed E-state index contributed by atoms with van der Waals surface area (Å²) in [6.45, 7) is 1.76. The van der Waals surface area contributed by atoms with E-state index in [0.29, 0.717) is 0 Å². The predicted octanol–water partition coefficient (Wildman–Crippen LogP) is -0.462. The molecule has 0 amide bonds. The van der Waals surface area contributed by atoms with Crippen LogP contribution in [0.2, 0.25) is 0 Å². The fraction of sp³-hybridized carbons (Fsp3) is 0.455. The van der Waals surface area contributed by atoms with E-state index in [2.05, 4.69) is 37.1 Å². The molecule has 0 aliphatic rings. The summed E-state index contributed by atoms with van der Waals surface area (Å²) in [6, 6.07) is 7.92. The molecule has 4 heteroatoms. The number of ether oxygens (including phenoxy) is 1. The van der Waals surface area contributed by atoms with Crippen molar-refractivity contribution in [3.05, 3.63) is 28.7 Å². The van der Waals surface area contributed by atoms with Gasteiger partial charge in [-0.15, -0.1) is 0 Å². The highest BCUT2D eigenvalue weighted by Gasteiger charge is 2.06. The molecule has 0 bridgehead atoms. The van der Waals surface area contributed by atoms with Gasteiger partial charge in [0.2, 0.25) is 0 Å². The van der Waals surface area contributed by atoms with Crippen molar-refractivity contribution in [3.63, 3.8) is 0 Å². The maximum absolute atomic E-state index is 5.62. The van der Waals surface area contributed by atoms with E-state index in [4.69, 9.17) is 4.74 Å². The van der Waals surface area contributed by atoms with Gasteiger partial charge in [0.25, 0.3) is 0 Å². The first-order valence-electron chi connectivity index (χ1n) is 4.66. The lowest BCUT2D eigenvalue weighted by molar-refractivity contribution is -0.870. The Hall–Kier alpha value is 0.190. The molecule has 86 valence electrons. The van der Waals surface area contributed by atoms with E-state index in [1.807, 2.05) is 24.3 Å². The summed E-state index contributed by atoms with van der Waals surface area (Å²) < 4.78 is 7.60. The smallest absolute Gasteiger partial charge is 0.137 e. The Bertz CT molecular complexity index is 299. The molecule has 0 fully saturated rings. The molecule has 1 rings (SSSR count). The van der Waals surface area contributed by atoms with Crippen molar-refractivity contribution in [2.75, 3.05) is 34.3 Å². The van der Waals surface area contributed by atoms with Gasteiger partial charge >= 0.3 is 0 Å². The van der Waals surface area contributed by atoms with Crippen molar-refractivity contribution in [3.8, 4) is 5.75 Å². The Morgan fingerprint density at radius 2 is 1.93 bits per heavy atom. The Balaban J connectivity index is 0.00000196. The number of quaternary nitrogens is 1. The number of hydrogen-bond donors (Lipinski definition) is 0. The van der Waals surface area contributed by atoms with E-state index >= 15 is 0 Å². The highest BCUT2D eigenvalue weighted by atomic mass is 127. The lowest BCUT2D eigenvalue weighted by Crippen LogP contribution is -3.00. The largest absolute Gasteiger partial charge is 1.00 e. The second-order valence-corrected chi connectivity index (χ2v) is 5.24. The number of hydrogen-bond acceptors (Lipinski definition) is 1. The third-order valence-electron chi connectivity index (χ3n) is 1.83. The zero-order valence-corrected chi connectivity index (χ0v) is 13.1. The summed E-state index contributed by atoms with van der Waals surface area (Å²) in [6.07, 6.45) is 0. The SMILES string of the molecule is C[N+](C)(C)CCOc1cccc(Br)c1.[I-]. The molecular formula is C11H17BrINO. The molecule has 0 spiro atoms.